The van der Waals surface area contributed by atoms with Gasteiger partial charge in [-0.15, -0.1) is 0 Å². The van der Waals surface area contributed by atoms with Crippen LogP contribution in [0.25, 0.3) is 0 Å². The van der Waals surface area contributed by atoms with Crippen LogP contribution in [0.2, 0.25) is 0 Å². The van der Waals surface area contributed by atoms with Crippen molar-refractivity contribution in [2.24, 2.45) is 5.16 Å². The monoisotopic (exact) mass is 217 g/mol. The fourth-order valence-corrected chi connectivity index (χ4v) is 1.07. The van der Waals surface area contributed by atoms with Gasteiger partial charge < -0.3 is 9.94 Å². The first-order valence-corrected chi connectivity index (χ1v) is 4.73. The van der Waals surface area contributed by atoms with Crippen LogP contribution in [0.15, 0.2) is 29.4 Å². The van der Waals surface area contributed by atoms with Gasteiger partial charge in [0, 0.05) is 17.0 Å². The molecular weight excluding hydrogens is 206 g/mol. The van der Waals surface area contributed by atoms with Crippen LogP contribution in [0, 0.1) is 11.8 Å². The fraction of sp³-hybridized carbons (Fsp3) is 0.167. The maximum atomic E-state index is 11.0. The molecular formula is C12H11NO3. The van der Waals surface area contributed by atoms with Gasteiger partial charge in [0.15, 0.2) is 0 Å². The average molecular weight is 217 g/mol. The van der Waals surface area contributed by atoms with E-state index in [0.717, 1.165) is 0 Å². The Balaban J connectivity index is 2.92. The van der Waals surface area contributed by atoms with Gasteiger partial charge in [0.1, 0.15) is 0 Å². The number of nitrogens with zero attached hydrogens (tertiary/aromatic N) is 1. The summed E-state index contributed by atoms with van der Waals surface area (Å²) in [7, 11) is 0. The number of hydrogen-bond donors (Lipinski definition) is 1. The summed E-state index contributed by atoms with van der Waals surface area (Å²) in [5.41, 5.74) is 1.25. The molecule has 1 rings (SSSR count). The second-order valence-electron chi connectivity index (χ2n) is 2.80. The highest BCUT2D eigenvalue weighted by atomic mass is 16.5. The largest absolute Gasteiger partial charge is 0.456 e. The lowest BCUT2D eigenvalue weighted by Crippen LogP contribution is -1.99. The van der Waals surface area contributed by atoms with E-state index in [1.165, 1.54) is 6.21 Å². The number of esters is 1. The van der Waals surface area contributed by atoms with Crippen molar-refractivity contribution in [2.45, 2.75) is 6.92 Å². The highest BCUT2D eigenvalue weighted by molar-refractivity contribution is 5.90. The zero-order valence-corrected chi connectivity index (χ0v) is 8.80. The van der Waals surface area contributed by atoms with Crippen molar-refractivity contribution in [3.05, 3.63) is 35.4 Å². The molecule has 0 unspecified atom stereocenters. The Hall–Kier alpha value is -2.28. The Labute approximate surface area is 93.5 Å². The van der Waals surface area contributed by atoms with Crippen LogP contribution >= 0.6 is 0 Å². The molecule has 0 aliphatic rings. The van der Waals surface area contributed by atoms with Crippen molar-refractivity contribution in [1.82, 2.24) is 0 Å². The van der Waals surface area contributed by atoms with E-state index in [-0.39, 0.29) is 0 Å². The SMILES string of the molecule is CCOC(=O)C#Cc1ccccc1C=NO. The molecule has 0 aliphatic heterocycles. The van der Waals surface area contributed by atoms with E-state index in [4.69, 9.17) is 5.21 Å². The summed E-state index contributed by atoms with van der Waals surface area (Å²) in [5, 5.41) is 11.4. The van der Waals surface area contributed by atoms with Gasteiger partial charge in [-0.05, 0) is 13.0 Å². The quantitative estimate of drug-likeness (QED) is 0.268. The predicted octanol–water partition coefficient (Wildman–Crippen LogP) is 1.41. The molecule has 0 amide bonds. The zero-order chi connectivity index (χ0) is 11.8. The van der Waals surface area contributed by atoms with E-state index in [0.29, 0.717) is 17.7 Å². The lowest BCUT2D eigenvalue weighted by molar-refractivity contribution is -0.136. The van der Waals surface area contributed by atoms with Gasteiger partial charge in [0.05, 0.1) is 12.8 Å². The standard InChI is InChI=1S/C12H11NO3/c1-2-16-12(14)8-7-10-5-3-4-6-11(10)9-13-15/h3-6,9,15H,2H2,1H3. The second-order valence-corrected chi connectivity index (χ2v) is 2.80. The fourth-order valence-electron chi connectivity index (χ4n) is 1.07. The van der Waals surface area contributed by atoms with Gasteiger partial charge in [-0.1, -0.05) is 29.3 Å². The highest BCUT2D eigenvalue weighted by Gasteiger charge is 1.97. The van der Waals surface area contributed by atoms with Crippen LogP contribution in [-0.2, 0) is 9.53 Å². The van der Waals surface area contributed by atoms with E-state index in [9.17, 15) is 4.79 Å². The lowest BCUT2D eigenvalue weighted by Gasteiger charge is -1.95. The van der Waals surface area contributed by atoms with Crippen LogP contribution in [0.5, 0.6) is 0 Å². The Kier molecular flexibility index (Phi) is 4.61. The molecule has 0 saturated carbocycles. The number of carbonyl (C=O) groups excluding carboxylic acids is 1. The van der Waals surface area contributed by atoms with E-state index >= 15 is 0 Å². The maximum Gasteiger partial charge on any atom is 0.384 e. The molecule has 0 saturated heterocycles. The predicted molar refractivity (Wildman–Crippen MR) is 59.3 cm³/mol. The summed E-state index contributed by atoms with van der Waals surface area (Å²) < 4.78 is 4.67. The van der Waals surface area contributed by atoms with Gasteiger partial charge in [-0.2, -0.15) is 0 Å². The third-order valence-corrected chi connectivity index (χ3v) is 1.73. The van der Waals surface area contributed by atoms with E-state index in [1.807, 2.05) is 0 Å². The Morgan fingerprint density at radius 3 is 3.00 bits per heavy atom. The molecule has 1 N–H and O–H groups in total. The van der Waals surface area contributed by atoms with Crippen molar-refractivity contribution in [2.75, 3.05) is 6.61 Å². The maximum absolute atomic E-state index is 11.0. The van der Waals surface area contributed by atoms with Crippen molar-refractivity contribution in [1.29, 1.82) is 0 Å². The Morgan fingerprint density at radius 1 is 1.56 bits per heavy atom. The van der Waals surface area contributed by atoms with Gasteiger partial charge in [-0.25, -0.2) is 4.79 Å². The summed E-state index contributed by atoms with van der Waals surface area (Å²) in [6.07, 6.45) is 1.26. The first-order chi connectivity index (χ1) is 7.77. The first kappa shape index (κ1) is 11.8. The molecule has 0 aromatic heterocycles. The van der Waals surface area contributed by atoms with E-state index in [1.54, 1.807) is 31.2 Å². The molecule has 4 heteroatoms. The number of rotatable bonds is 2. The zero-order valence-electron chi connectivity index (χ0n) is 8.80. The van der Waals surface area contributed by atoms with E-state index < -0.39 is 5.97 Å². The van der Waals surface area contributed by atoms with E-state index in [2.05, 4.69) is 21.7 Å². The van der Waals surface area contributed by atoms with Crippen molar-refractivity contribution in [3.8, 4) is 11.8 Å². The second kappa shape index (κ2) is 6.25. The summed E-state index contributed by atoms with van der Waals surface area (Å²) >= 11 is 0. The molecule has 1 aromatic rings. The average Bonchev–Trinajstić information content (AvgIpc) is 2.29. The lowest BCUT2D eigenvalue weighted by atomic mass is 10.1. The molecule has 4 nitrogen and oxygen atoms in total. The molecule has 1 aromatic carbocycles. The van der Waals surface area contributed by atoms with Crippen LogP contribution in [0.1, 0.15) is 18.1 Å². The van der Waals surface area contributed by atoms with Gasteiger partial charge in [0.25, 0.3) is 0 Å². The Bertz CT molecular complexity index is 455. The third-order valence-electron chi connectivity index (χ3n) is 1.73. The number of oxime groups is 1. The van der Waals surface area contributed by atoms with Crippen molar-refractivity contribution >= 4 is 12.2 Å². The van der Waals surface area contributed by atoms with Gasteiger partial charge in [-0.3, -0.25) is 0 Å². The molecule has 16 heavy (non-hydrogen) atoms. The van der Waals surface area contributed by atoms with Gasteiger partial charge in [0.2, 0.25) is 0 Å². The molecule has 82 valence electrons. The van der Waals surface area contributed by atoms with Crippen molar-refractivity contribution < 1.29 is 14.7 Å². The highest BCUT2D eigenvalue weighted by Crippen LogP contribution is 2.04. The van der Waals surface area contributed by atoms with Crippen LogP contribution < -0.4 is 0 Å². The third kappa shape index (κ3) is 3.46. The molecule has 0 fully saturated rings. The topological polar surface area (TPSA) is 58.9 Å². The van der Waals surface area contributed by atoms with Crippen LogP contribution in [0.3, 0.4) is 0 Å². The Morgan fingerprint density at radius 2 is 2.31 bits per heavy atom. The van der Waals surface area contributed by atoms with Crippen LogP contribution in [-0.4, -0.2) is 24.0 Å². The summed E-state index contributed by atoms with van der Waals surface area (Å²) in [6.45, 7) is 2.01. The number of carbonyl (C=O) groups is 1. The first-order valence-electron chi connectivity index (χ1n) is 4.73. The molecule has 0 radical (unpaired) electrons. The molecule has 0 aliphatic carbocycles. The molecule has 0 atom stereocenters. The normalized spacial score (nSPS) is 9.56. The molecule has 0 spiro atoms. The smallest absolute Gasteiger partial charge is 0.384 e. The van der Waals surface area contributed by atoms with Gasteiger partial charge >= 0.3 is 5.97 Å². The van der Waals surface area contributed by atoms with Crippen molar-refractivity contribution in [3.63, 3.8) is 0 Å². The minimum absolute atomic E-state index is 0.299. The minimum atomic E-state index is -0.571. The minimum Gasteiger partial charge on any atom is -0.456 e. The number of ether oxygens (including phenoxy) is 1. The summed E-state index contributed by atoms with van der Waals surface area (Å²) in [4.78, 5) is 11.0. The molecule has 0 bridgehead atoms. The summed E-state index contributed by atoms with van der Waals surface area (Å²) in [6, 6.07) is 7.02. The summed E-state index contributed by atoms with van der Waals surface area (Å²) in [5.74, 6) is 4.43. The molecule has 0 heterocycles. The van der Waals surface area contributed by atoms with Crippen LogP contribution in [0.4, 0.5) is 0 Å². The number of hydrogen-bond acceptors (Lipinski definition) is 4. The number of benzene rings is 1.